The molecule has 2 N–H and O–H groups in total. The Morgan fingerprint density at radius 3 is 1.46 bits per heavy atom. The summed E-state index contributed by atoms with van der Waals surface area (Å²) < 4.78 is 75.0. The normalized spacial score (nSPS) is 13.3. The fourth-order valence-electron chi connectivity index (χ4n) is 4.01. The molecular formula is C28H24F2O5S2. The fraction of sp³-hybridized carbons (Fsp3) is 0.0357. The summed E-state index contributed by atoms with van der Waals surface area (Å²) in [6.45, 7) is 4.77. The number of rotatable bonds is 7. The number of esters is 1. The molecule has 0 saturated heterocycles. The van der Waals surface area contributed by atoms with Crippen LogP contribution in [0.1, 0.15) is 6.92 Å². The Balaban J connectivity index is 2.13. The van der Waals surface area contributed by atoms with Crippen molar-refractivity contribution in [3.05, 3.63) is 127 Å². The van der Waals surface area contributed by atoms with Crippen LogP contribution in [-0.2, 0) is 13.5 Å². The lowest BCUT2D eigenvalue weighted by atomic mass is 10.3. The van der Waals surface area contributed by atoms with Gasteiger partial charge in [-0.25, -0.2) is 17.8 Å². The molecule has 0 aliphatic carbocycles. The number of halogens is 2. The SMILES string of the molecule is C=C(C)C(=O)Oc1cc(F)c(S(=O)(O)(O)S(c2ccccc2)(c2ccccc2)c2ccccc2)c(F)c1. The van der Waals surface area contributed by atoms with E-state index in [1.165, 1.54) is 43.3 Å². The molecule has 0 atom stereocenters. The zero-order valence-corrected chi connectivity index (χ0v) is 21.3. The summed E-state index contributed by atoms with van der Waals surface area (Å²) in [4.78, 5) is 11.1. The van der Waals surface area contributed by atoms with Crippen LogP contribution in [-0.4, -0.2) is 19.3 Å². The van der Waals surface area contributed by atoms with Gasteiger partial charge in [0.05, 0.1) is 0 Å². The molecule has 0 amide bonds. The first-order chi connectivity index (χ1) is 17.5. The highest BCUT2D eigenvalue weighted by Crippen LogP contribution is 2.81. The maximum atomic E-state index is 15.6. The second kappa shape index (κ2) is 9.68. The van der Waals surface area contributed by atoms with E-state index in [1.54, 1.807) is 54.6 Å². The van der Waals surface area contributed by atoms with Crippen molar-refractivity contribution in [1.29, 1.82) is 0 Å². The molecule has 37 heavy (non-hydrogen) atoms. The second-order valence-corrected chi connectivity index (χ2v) is 16.0. The molecule has 0 bridgehead atoms. The third kappa shape index (κ3) is 4.40. The summed E-state index contributed by atoms with van der Waals surface area (Å²) in [5, 5.41) is 0. The largest absolute Gasteiger partial charge is 0.423 e. The van der Waals surface area contributed by atoms with Crippen LogP contribution in [0.2, 0.25) is 0 Å². The standard InChI is InChI=1S/C28H24F2O5S2/c1-20(2)28(31)35-21-18-25(29)27(26(30)19-21)37(32,33,34)36(22-12-6-3-7-13-22,23-14-8-4-9-15-23)24-16-10-5-11-17-24/h3-19H,1H2,2H3,(H2,32,33,34). The molecule has 0 fully saturated rings. The van der Waals surface area contributed by atoms with E-state index in [-0.39, 0.29) is 20.3 Å². The Kier molecular flexibility index (Phi) is 6.91. The molecule has 192 valence electrons. The van der Waals surface area contributed by atoms with Crippen LogP contribution in [0.3, 0.4) is 0 Å². The van der Waals surface area contributed by atoms with Crippen LogP contribution in [0.15, 0.2) is 135 Å². The third-order valence-electron chi connectivity index (χ3n) is 5.56. The second-order valence-electron chi connectivity index (χ2n) is 8.18. The molecule has 0 aromatic heterocycles. The van der Waals surface area contributed by atoms with Crippen LogP contribution in [0, 0.1) is 11.6 Å². The van der Waals surface area contributed by atoms with Gasteiger partial charge in [0.2, 0.25) is 0 Å². The monoisotopic (exact) mass is 542 g/mol. The highest BCUT2D eigenvalue weighted by atomic mass is 33.2. The minimum absolute atomic E-state index is 0.0168. The molecule has 4 aromatic rings. The van der Waals surface area contributed by atoms with Crippen LogP contribution >= 0.6 is 9.06 Å². The van der Waals surface area contributed by atoms with Crippen molar-refractivity contribution in [3.63, 3.8) is 0 Å². The van der Waals surface area contributed by atoms with Gasteiger partial charge in [-0.1, -0.05) is 70.2 Å². The average Bonchev–Trinajstić information content (AvgIpc) is 2.85. The van der Waals surface area contributed by atoms with Crippen molar-refractivity contribution in [2.75, 3.05) is 0 Å². The van der Waals surface area contributed by atoms with E-state index < -0.39 is 46.0 Å². The Hall–Kier alpha value is -3.63. The molecule has 0 heterocycles. The van der Waals surface area contributed by atoms with Crippen LogP contribution in [0.4, 0.5) is 8.78 Å². The summed E-state index contributed by atoms with van der Waals surface area (Å²) in [7, 11) is -10.2. The number of ether oxygens (including phenoxy) is 1. The zero-order valence-electron chi connectivity index (χ0n) is 19.7. The molecule has 0 radical (unpaired) electrons. The van der Waals surface area contributed by atoms with Gasteiger partial charge in [-0.15, -0.1) is 0 Å². The molecule has 9 heteroatoms. The van der Waals surface area contributed by atoms with Crippen molar-refractivity contribution in [1.82, 2.24) is 0 Å². The smallest absolute Gasteiger partial charge is 0.338 e. The number of carbonyl (C=O) groups excluding carboxylic acids is 1. The van der Waals surface area contributed by atoms with E-state index in [1.807, 2.05) is 0 Å². The van der Waals surface area contributed by atoms with Gasteiger partial charge in [0, 0.05) is 32.4 Å². The molecule has 4 rings (SSSR count). The third-order valence-corrected chi connectivity index (χ3v) is 15.3. The highest BCUT2D eigenvalue weighted by molar-refractivity contribution is 8.97. The highest BCUT2D eigenvalue weighted by Gasteiger charge is 2.57. The molecule has 0 saturated carbocycles. The molecule has 4 aromatic carbocycles. The van der Waals surface area contributed by atoms with Gasteiger partial charge in [0.1, 0.15) is 22.3 Å². The number of hydrogen-bond acceptors (Lipinski definition) is 3. The molecule has 5 nitrogen and oxygen atoms in total. The topological polar surface area (TPSA) is 83.8 Å². The van der Waals surface area contributed by atoms with E-state index in [4.69, 9.17) is 4.74 Å². The van der Waals surface area contributed by atoms with Gasteiger partial charge in [-0.2, -0.15) is 0 Å². The quantitative estimate of drug-likeness (QED) is 0.110. The van der Waals surface area contributed by atoms with Gasteiger partial charge in [-0.3, -0.25) is 9.11 Å². The molecule has 0 aliphatic rings. The van der Waals surface area contributed by atoms with E-state index >= 15 is 8.78 Å². The Morgan fingerprint density at radius 1 is 0.784 bits per heavy atom. The van der Waals surface area contributed by atoms with Gasteiger partial charge in [0.25, 0.3) is 0 Å². The van der Waals surface area contributed by atoms with E-state index in [0.29, 0.717) is 12.1 Å². The number of hydrogen-bond donors (Lipinski definition) is 2. The predicted octanol–water partition coefficient (Wildman–Crippen LogP) is 7.47. The van der Waals surface area contributed by atoms with Crippen LogP contribution < -0.4 is 4.74 Å². The van der Waals surface area contributed by atoms with Gasteiger partial charge in [0.15, 0.2) is 8.66 Å². The summed E-state index contributed by atoms with van der Waals surface area (Å²) >= 11 is 0. The lowest BCUT2D eigenvalue weighted by Gasteiger charge is -2.54. The number of carbonyl (C=O) groups is 1. The molecule has 0 aliphatic heterocycles. The summed E-state index contributed by atoms with van der Waals surface area (Å²) in [6, 6.07) is 25.1. The van der Waals surface area contributed by atoms with Crippen molar-refractivity contribution in [3.8, 4) is 5.75 Å². The maximum absolute atomic E-state index is 15.6. The van der Waals surface area contributed by atoms with Crippen molar-refractivity contribution in [2.24, 2.45) is 0 Å². The minimum atomic E-state index is -6.50. The first kappa shape index (κ1) is 26.4. The summed E-state index contributed by atoms with van der Waals surface area (Å²) in [6.07, 6.45) is 0. The van der Waals surface area contributed by atoms with E-state index in [9.17, 15) is 18.1 Å². The van der Waals surface area contributed by atoms with Gasteiger partial charge in [-0.05, 0) is 43.3 Å². The van der Waals surface area contributed by atoms with Gasteiger partial charge < -0.3 is 4.74 Å². The fourth-order valence-corrected chi connectivity index (χ4v) is 13.9. The Labute approximate surface area is 214 Å². The van der Waals surface area contributed by atoms with Crippen LogP contribution in [0.25, 0.3) is 0 Å². The average molecular weight is 543 g/mol. The van der Waals surface area contributed by atoms with Gasteiger partial charge >= 0.3 is 5.97 Å². The van der Waals surface area contributed by atoms with Crippen molar-refractivity contribution >= 4 is 23.7 Å². The van der Waals surface area contributed by atoms with Crippen molar-refractivity contribution in [2.45, 2.75) is 26.5 Å². The van der Waals surface area contributed by atoms with E-state index in [2.05, 4.69) is 6.58 Å². The Morgan fingerprint density at radius 2 is 1.14 bits per heavy atom. The zero-order chi connectivity index (χ0) is 26.9. The number of benzene rings is 4. The molecule has 0 unspecified atom stereocenters. The van der Waals surface area contributed by atoms with Crippen LogP contribution in [0.5, 0.6) is 5.75 Å². The lowest BCUT2D eigenvalue weighted by molar-refractivity contribution is -0.130. The Bertz CT molecular complexity index is 1420. The molecule has 0 spiro atoms. The maximum Gasteiger partial charge on any atom is 0.338 e. The summed E-state index contributed by atoms with van der Waals surface area (Å²) in [5.41, 5.74) is -0.0168. The minimum Gasteiger partial charge on any atom is -0.423 e. The first-order valence-electron chi connectivity index (χ1n) is 11.0. The molecular weight excluding hydrogens is 518 g/mol. The lowest BCUT2D eigenvalue weighted by Crippen LogP contribution is -2.40. The van der Waals surface area contributed by atoms with E-state index in [0.717, 1.165) is 0 Å². The first-order valence-corrected chi connectivity index (χ1v) is 15.0. The summed E-state index contributed by atoms with van der Waals surface area (Å²) in [5.74, 6) is -4.58. The van der Waals surface area contributed by atoms with Crippen molar-refractivity contribution < 1.29 is 31.6 Å². The predicted molar refractivity (Wildman–Crippen MR) is 140 cm³/mol.